The molecule has 0 rings (SSSR count). The first kappa shape index (κ1) is 19.1. The standard InChI is InChI=1S/C11H22N4O6/c1-13-11(19)14-2-3-20-4-5-21-7-9(17)15-8(6-16)10(12)18/h8,16H,2-7H2,1H3,(H2,12,18)(H,15,17)(H2,13,14,19). The van der Waals surface area contributed by atoms with Crippen LogP contribution in [-0.2, 0) is 19.1 Å². The number of amides is 4. The average molecular weight is 306 g/mol. The van der Waals surface area contributed by atoms with Crippen LogP contribution in [0, 0.1) is 0 Å². The Hall–Kier alpha value is -1.91. The molecule has 6 N–H and O–H groups in total. The maximum absolute atomic E-state index is 11.3. The number of carbonyl (C=O) groups excluding carboxylic acids is 3. The van der Waals surface area contributed by atoms with E-state index < -0.39 is 24.5 Å². The zero-order valence-electron chi connectivity index (χ0n) is 11.9. The molecular formula is C11H22N4O6. The van der Waals surface area contributed by atoms with E-state index in [4.69, 9.17) is 20.3 Å². The van der Waals surface area contributed by atoms with Gasteiger partial charge in [-0.05, 0) is 0 Å². The van der Waals surface area contributed by atoms with Crippen LogP contribution in [0.15, 0.2) is 0 Å². The van der Waals surface area contributed by atoms with Gasteiger partial charge in [-0.3, -0.25) is 9.59 Å². The molecule has 0 heterocycles. The van der Waals surface area contributed by atoms with Crippen LogP contribution in [0.2, 0.25) is 0 Å². The van der Waals surface area contributed by atoms with Crippen molar-refractivity contribution in [2.75, 3.05) is 46.6 Å². The average Bonchev–Trinajstić information content (AvgIpc) is 2.46. The minimum Gasteiger partial charge on any atom is -0.394 e. The summed E-state index contributed by atoms with van der Waals surface area (Å²) in [4.78, 5) is 32.9. The molecule has 10 heteroatoms. The monoisotopic (exact) mass is 306 g/mol. The largest absolute Gasteiger partial charge is 0.394 e. The highest BCUT2D eigenvalue weighted by Gasteiger charge is 2.16. The molecule has 0 aromatic heterocycles. The van der Waals surface area contributed by atoms with E-state index in [9.17, 15) is 14.4 Å². The molecule has 0 spiro atoms. The number of primary amides is 1. The first-order chi connectivity index (χ1) is 10.0. The van der Waals surface area contributed by atoms with Crippen molar-refractivity contribution in [2.24, 2.45) is 5.73 Å². The molecule has 21 heavy (non-hydrogen) atoms. The maximum atomic E-state index is 11.3. The molecule has 0 aromatic carbocycles. The van der Waals surface area contributed by atoms with Crippen LogP contribution in [0.1, 0.15) is 0 Å². The second kappa shape index (κ2) is 11.9. The first-order valence-corrected chi connectivity index (χ1v) is 6.31. The third-order valence-electron chi connectivity index (χ3n) is 2.23. The van der Waals surface area contributed by atoms with Gasteiger partial charge in [-0.25, -0.2) is 4.79 Å². The van der Waals surface area contributed by atoms with Crippen molar-refractivity contribution >= 4 is 17.8 Å². The number of hydrogen-bond acceptors (Lipinski definition) is 6. The van der Waals surface area contributed by atoms with Crippen molar-refractivity contribution in [1.82, 2.24) is 16.0 Å². The number of ether oxygens (including phenoxy) is 2. The van der Waals surface area contributed by atoms with Gasteiger partial charge in [0.25, 0.3) is 0 Å². The van der Waals surface area contributed by atoms with E-state index in [1.54, 1.807) is 0 Å². The lowest BCUT2D eigenvalue weighted by molar-refractivity contribution is -0.131. The molecule has 0 fully saturated rings. The van der Waals surface area contributed by atoms with Gasteiger partial charge in [0, 0.05) is 13.6 Å². The predicted octanol–water partition coefficient (Wildman–Crippen LogP) is -3.09. The zero-order valence-corrected chi connectivity index (χ0v) is 11.9. The fourth-order valence-corrected chi connectivity index (χ4v) is 1.15. The maximum Gasteiger partial charge on any atom is 0.314 e. The minimum atomic E-state index is -1.12. The fourth-order valence-electron chi connectivity index (χ4n) is 1.15. The first-order valence-electron chi connectivity index (χ1n) is 6.31. The van der Waals surface area contributed by atoms with Crippen LogP contribution in [-0.4, -0.2) is 75.6 Å². The molecule has 0 aliphatic carbocycles. The van der Waals surface area contributed by atoms with Crippen LogP contribution in [0.25, 0.3) is 0 Å². The number of aliphatic hydroxyl groups excluding tert-OH is 1. The van der Waals surface area contributed by atoms with E-state index in [2.05, 4.69) is 16.0 Å². The van der Waals surface area contributed by atoms with Crippen molar-refractivity contribution in [3.8, 4) is 0 Å². The normalized spacial score (nSPS) is 11.5. The smallest absolute Gasteiger partial charge is 0.314 e. The summed E-state index contributed by atoms with van der Waals surface area (Å²) >= 11 is 0. The van der Waals surface area contributed by atoms with E-state index >= 15 is 0 Å². The van der Waals surface area contributed by atoms with Gasteiger partial charge in [0.15, 0.2) is 0 Å². The topological polar surface area (TPSA) is 152 Å². The number of urea groups is 1. The van der Waals surface area contributed by atoms with Crippen LogP contribution >= 0.6 is 0 Å². The third kappa shape index (κ3) is 10.5. The number of rotatable bonds is 11. The summed E-state index contributed by atoms with van der Waals surface area (Å²) in [6.07, 6.45) is 0. The summed E-state index contributed by atoms with van der Waals surface area (Å²) in [5, 5.41) is 15.9. The molecule has 0 aromatic rings. The summed E-state index contributed by atoms with van der Waals surface area (Å²) in [7, 11) is 1.51. The zero-order chi connectivity index (χ0) is 16.1. The van der Waals surface area contributed by atoms with Crippen molar-refractivity contribution < 1.29 is 29.0 Å². The second-order valence-corrected chi connectivity index (χ2v) is 3.88. The molecule has 0 saturated carbocycles. The molecule has 0 radical (unpaired) electrons. The van der Waals surface area contributed by atoms with Crippen molar-refractivity contribution in [2.45, 2.75) is 6.04 Å². The molecule has 10 nitrogen and oxygen atoms in total. The lowest BCUT2D eigenvalue weighted by Crippen LogP contribution is -2.48. The van der Waals surface area contributed by atoms with Gasteiger partial charge in [-0.1, -0.05) is 0 Å². The summed E-state index contributed by atoms with van der Waals surface area (Å²) in [6.45, 7) is 0.260. The van der Waals surface area contributed by atoms with Gasteiger partial charge in [-0.15, -0.1) is 0 Å². The molecule has 0 aliphatic heterocycles. The summed E-state index contributed by atoms with van der Waals surface area (Å²) in [5.74, 6) is -1.38. The molecule has 1 unspecified atom stereocenters. The highest BCUT2D eigenvalue weighted by atomic mass is 16.5. The summed E-state index contributed by atoms with van der Waals surface area (Å²) in [5.41, 5.74) is 4.94. The number of nitrogens with one attached hydrogen (secondary N) is 3. The van der Waals surface area contributed by atoms with Crippen LogP contribution in [0.3, 0.4) is 0 Å². The van der Waals surface area contributed by atoms with E-state index in [-0.39, 0.29) is 25.9 Å². The van der Waals surface area contributed by atoms with Crippen LogP contribution < -0.4 is 21.7 Å². The molecule has 1 atom stereocenters. The van der Waals surface area contributed by atoms with Gasteiger partial charge >= 0.3 is 6.03 Å². The Kier molecular flexibility index (Phi) is 10.8. The number of aliphatic hydroxyl groups is 1. The molecule has 0 bridgehead atoms. The second-order valence-electron chi connectivity index (χ2n) is 3.88. The number of hydrogen-bond donors (Lipinski definition) is 5. The molecule has 122 valence electrons. The molecule has 0 aliphatic rings. The number of nitrogens with two attached hydrogens (primary N) is 1. The number of carbonyl (C=O) groups is 3. The Balaban J connectivity index is 3.48. The fraction of sp³-hybridized carbons (Fsp3) is 0.727. The quantitative estimate of drug-likeness (QED) is 0.255. The van der Waals surface area contributed by atoms with Crippen LogP contribution in [0.5, 0.6) is 0 Å². The van der Waals surface area contributed by atoms with Crippen molar-refractivity contribution in [3.63, 3.8) is 0 Å². The van der Waals surface area contributed by atoms with Gasteiger partial charge in [-0.2, -0.15) is 0 Å². The Morgan fingerprint density at radius 2 is 1.86 bits per heavy atom. The predicted molar refractivity (Wildman–Crippen MR) is 72.3 cm³/mol. The molecule has 0 saturated heterocycles. The van der Waals surface area contributed by atoms with E-state index in [1.165, 1.54) is 7.05 Å². The Morgan fingerprint density at radius 1 is 1.19 bits per heavy atom. The van der Waals surface area contributed by atoms with Gasteiger partial charge in [0.05, 0.1) is 26.4 Å². The SMILES string of the molecule is CNC(=O)NCCOCCOCC(=O)NC(CO)C(N)=O. The van der Waals surface area contributed by atoms with E-state index in [0.29, 0.717) is 13.2 Å². The summed E-state index contributed by atoms with van der Waals surface area (Å²) in [6, 6.07) is -1.41. The third-order valence-corrected chi connectivity index (χ3v) is 2.23. The van der Waals surface area contributed by atoms with Crippen LogP contribution in [0.4, 0.5) is 4.79 Å². The summed E-state index contributed by atoms with van der Waals surface area (Å²) < 4.78 is 10.1. The van der Waals surface area contributed by atoms with E-state index in [0.717, 1.165) is 0 Å². The highest BCUT2D eigenvalue weighted by molar-refractivity contribution is 5.87. The van der Waals surface area contributed by atoms with E-state index in [1.807, 2.05) is 0 Å². The Bertz CT molecular complexity index is 339. The van der Waals surface area contributed by atoms with Gasteiger partial charge in [0.2, 0.25) is 11.8 Å². The Morgan fingerprint density at radius 3 is 2.43 bits per heavy atom. The molecular weight excluding hydrogens is 284 g/mol. The minimum absolute atomic E-state index is 0.174. The Labute approximate surface area is 122 Å². The lowest BCUT2D eigenvalue weighted by atomic mass is 10.3. The van der Waals surface area contributed by atoms with Crippen molar-refractivity contribution in [1.29, 1.82) is 0 Å². The van der Waals surface area contributed by atoms with Gasteiger partial charge < -0.3 is 36.3 Å². The highest BCUT2D eigenvalue weighted by Crippen LogP contribution is 1.83. The van der Waals surface area contributed by atoms with Gasteiger partial charge in [0.1, 0.15) is 12.6 Å². The molecule has 4 amide bonds. The van der Waals surface area contributed by atoms with Crippen molar-refractivity contribution in [3.05, 3.63) is 0 Å². The lowest BCUT2D eigenvalue weighted by Gasteiger charge is -2.12.